The molecule has 10 heteroatoms. The Labute approximate surface area is 228 Å². The Hall–Kier alpha value is -4.11. The predicted octanol–water partition coefficient (Wildman–Crippen LogP) is 5.51. The number of aromatic nitrogens is 6. The molecule has 0 aliphatic heterocycles. The Morgan fingerprint density at radius 2 is 1.63 bits per heavy atom. The summed E-state index contributed by atoms with van der Waals surface area (Å²) in [4.78, 5) is 16.3. The van der Waals surface area contributed by atoms with E-state index in [-0.39, 0.29) is 12.4 Å². The third-order valence-corrected chi connectivity index (χ3v) is 6.50. The first-order valence-electron chi connectivity index (χ1n) is 12.2. The maximum absolute atomic E-state index is 5.57. The van der Waals surface area contributed by atoms with Crippen molar-refractivity contribution in [2.24, 2.45) is 7.05 Å². The summed E-state index contributed by atoms with van der Waals surface area (Å²) in [6.07, 6.45) is 8.36. The van der Waals surface area contributed by atoms with Gasteiger partial charge in [0.2, 0.25) is 0 Å². The zero-order chi connectivity index (χ0) is 25.9. The van der Waals surface area contributed by atoms with Gasteiger partial charge < -0.3 is 18.9 Å². The van der Waals surface area contributed by atoms with Crippen molar-refractivity contribution in [3.63, 3.8) is 0 Å². The van der Waals surface area contributed by atoms with Crippen LogP contribution >= 0.6 is 12.4 Å². The molecule has 198 valence electrons. The van der Waals surface area contributed by atoms with Gasteiger partial charge in [0.1, 0.15) is 17.3 Å². The molecule has 9 nitrogen and oxygen atoms in total. The Morgan fingerprint density at radius 3 is 2.26 bits per heavy atom. The quantitative estimate of drug-likeness (QED) is 0.247. The molecule has 0 saturated carbocycles. The zero-order valence-electron chi connectivity index (χ0n) is 22.3. The zero-order valence-corrected chi connectivity index (χ0v) is 23.1. The second-order valence-corrected chi connectivity index (χ2v) is 9.01. The lowest BCUT2D eigenvalue weighted by Crippen LogP contribution is -2.20. The van der Waals surface area contributed by atoms with E-state index in [4.69, 9.17) is 14.5 Å². The summed E-state index contributed by atoms with van der Waals surface area (Å²) in [5.41, 5.74) is 6.53. The molecule has 38 heavy (non-hydrogen) atoms. The maximum atomic E-state index is 5.57. The molecule has 0 unspecified atom stereocenters. The molecule has 0 spiro atoms. The third-order valence-electron chi connectivity index (χ3n) is 6.50. The van der Waals surface area contributed by atoms with E-state index < -0.39 is 0 Å². The molecule has 0 aliphatic carbocycles. The number of nitrogens with zero attached hydrogens (tertiary/aromatic N) is 7. The van der Waals surface area contributed by atoms with Gasteiger partial charge in [0, 0.05) is 73.4 Å². The molecule has 3 heterocycles. The Balaban J connectivity index is 0.00000336. The van der Waals surface area contributed by atoms with E-state index in [0.717, 1.165) is 76.2 Å². The summed E-state index contributed by atoms with van der Waals surface area (Å²) in [6, 6.07) is 12.1. The van der Waals surface area contributed by atoms with E-state index in [2.05, 4.69) is 43.6 Å². The third kappa shape index (κ3) is 5.57. The van der Waals surface area contributed by atoms with Crippen molar-refractivity contribution >= 4 is 34.8 Å². The van der Waals surface area contributed by atoms with Gasteiger partial charge in [0.05, 0.1) is 43.3 Å². The highest BCUT2D eigenvalue weighted by atomic mass is 35.5. The normalized spacial score (nSPS) is 10.9. The van der Waals surface area contributed by atoms with Gasteiger partial charge >= 0.3 is 0 Å². The lowest BCUT2D eigenvalue weighted by atomic mass is 10.1. The Morgan fingerprint density at radius 1 is 0.868 bits per heavy atom. The van der Waals surface area contributed by atoms with Gasteiger partial charge in [-0.3, -0.25) is 9.67 Å². The second-order valence-electron chi connectivity index (χ2n) is 9.01. The van der Waals surface area contributed by atoms with E-state index in [1.54, 1.807) is 31.3 Å². The minimum absolute atomic E-state index is 0. The molecule has 0 N–H and O–H groups in total. The molecular weight excluding hydrogens is 502 g/mol. The van der Waals surface area contributed by atoms with E-state index in [9.17, 15) is 0 Å². The minimum Gasteiger partial charge on any atom is -0.497 e. The molecule has 5 aromatic rings. The highest BCUT2D eigenvalue weighted by Crippen LogP contribution is 2.34. The monoisotopic (exact) mass is 533 g/mol. The Kier molecular flexibility index (Phi) is 8.16. The van der Waals surface area contributed by atoms with Crippen LogP contribution in [0.2, 0.25) is 0 Å². The van der Waals surface area contributed by atoms with E-state index in [0.29, 0.717) is 0 Å². The summed E-state index contributed by atoms with van der Waals surface area (Å²) in [5, 5.41) is 4.27. The molecule has 0 atom stereocenters. The van der Waals surface area contributed by atoms with Crippen LogP contribution in [0.15, 0.2) is 61.2 Å². The van der Waals surface area contributed by atoms with Crippen LogP contribution in [0.25, 0.3) is 22.3 Å². The molecule has 0 aliphatic rings. The van der Waals surface area contributed by atoms with Crippen LogP contribution in [0.3, 0.4) is 0 Å². The van der Waals surface area contributed by atoms with Crippen molar-refractivity contribution in [2.45, 2.75) is 26.8 Å². The fourth-order valence-electron chi connectivity index (χ4n) is 4.52. The topological polar surface area (TPSA) is 83.1 Å². The van der Waals surface area contributed by atoms with Crippen molar-refractivity contribution in [1.82, 2.24) is 29.3 Å². The molecule has 0 radical (unpaired) electrons. The highest BCUT2D eigenvalue weighted by molar-refractivity contribution is 5.85. The van der Waals surface area contributed by atoms with Gasteiger partial charge in [-0.1, -0.05) is 0 Å². The molecule has 0 saturated heterocycles. The minimum atomic E-state index is 0. The lowest BCUT2D eigenvalue weighted by molar-refractivity contribution is 0.394. The lowest BCUT2D eigenvalue weighted by Gasteiger charge is -2.26. The molecule has 2 aromatic carbocycles. The number of ether oxygens (including phenoxy) is 2. The summed E-state index contributed by atoms with van der Waals surface area (Å²) >= 11 is 0. The van der Waals surface area contributed by atoms with Crippen molar-refractivity contribution < 1.29 is 9.47 Å². The first-order valence-corrected chi connectivity index (χ1v) is 12.2. The average Bonchev–Trinajstić information content (AvgIpc) is 3.50. The number of methoxy groups -OCH3 is 2. The summed E-state index contributed by atoms with van der Waals surface area (Å²) < 4.78 is 15.1. The van der Waals surface area contributed by atoms with Crippen LogP contribution < -0.4 is 14.4 Å². The van der Waals surface area contributed by atoms with Crippen LogP contribution in [-0.2, 0) is 13.6 Å². The standard InChI is InChI=1S/C28H31N7O2.ClH/c1-19-15-29-20(2)34(19)9-6-10-35(23-11-24(36-4)14-25(12-23)37-5)22-7-8-26-27(13-22)32-28(17-30-26)21-16-31-33(3)18-21;/h7-8,11-18H,6,9-10H2,1-5H3;1H. The number of aryl methyl sites for hydroxylation is 3. The van der Waals surface area contributed by atoms with Crippen LogP contribution in [0.4, 0.5) is 11.4 Å². The van der Waals surface area contributed by atoms with Gasteiger partial charge in [-0.2, -0.15) is 5.10 Å². The van der Waals surface area contributed by atoms with Crippen LogP contribution in [0, 0.1) is 13.8 Å². The van der Waals surface area contributed by atoms with Crippen molar-refractivity contribution in [2.75, 3.05) is 25.7 Å². The highest BCUT2D eigenvalue weighted by Gasteiger charge is 2.15. The van der Waals surface area contributed by atoms with Gasteiger partial charge in [0.25, 0.3) is 0 Å². The second kappa shape index (κ2) is 11.5. The molecule has 3 aromatic heterocycles. The van der Waals surface area contributed by atoms with Gasteiger partial charge in [-0.05, 0) is 38.5 Å². The Bertz CT molecular complexity index is 1500. The maximum Gasteiger partial charge on any atom is 0.124 e. The number of hydrogen-bond acceptors (Lipinski definition) is 7. The van der Waals surface area contributed by atoms with Gasteiger partial charge in [-0.15, -0.1) is 12.4 Å². The summed E-state index contributed by atoms with van der Waals surface area (Å²) in [7, 11) is 5.22. The van der Waals surface area contributed by atoms with Crippen molar-refractivity contribution in [1.29, 1.82) is 0 Å². The average molecular weight is 534 g/mol. The number of imidazole rings is 1. The van der Waals surface area contributed by atoms with Crippen molar-refractivity contribution in [3.05, 3.63) is 72.7 Å². The number of benzene rings is 2. The van der Waals surface area contributed by atoms with E-state index in [1.807, 2.05) is 50.6 Å². The number of anilines is 2. The SMILES string of the molecule is COc1cc(OC)cc(N(CCCn2c(C)cnc2C)c2ccc3ncc(-c4cnn(C)c4)nc3c2)c1.Cl. The number of rotatable bonds is 9. The first-order chi connectivity index (χ1) is 17.9. The number of halogens is 1. The van der Waals surface area contributed by atoms with Gasteiger partial charge in [-0.25, -0.2) is 9.97 Å². The smallest absolute Gasteiger partial charge is 0.124 e. The van der Waals surface area contributed by atoms with E-state index >= 15 is 0 Å². The van der Waals surface area contributed by atoms with Gasteiger partial charge in [0.15, 0.2) is 0 Å². The number of hydrogen-bond donors (Lipinski definition) is 0. The molecule has 0 bridgehead atoms. The summed E-state index contributed by atoms with van der Waals surface area (Å²) in [5.74, 6) is 2.50. The van der Waals surface area contributed by atoms with Crippen molar-refractivity contribution in [3.8, 4) is 22.8 Å². The van der Waals surface area contributed by atoms with Crippen LogP contribution in [0.5, 0.6) is 11.5 Å². The largest absolute Gasteiger partial charge is 0.497 e. The molecule has 5 rings (SSSR count). The molecular formula is C28H32ClN7O2. The first kappa shape index (κ1) is 26.9. The molecule has 0 amide bonds. The molecule has 0 fully saturated rings. The summed E-state index contributed by atoms with van der Waals surface area (Å²) in [6.45, 7) is 5.77. The van der Waals surface area contributed by atoms with Crippen LogP contribution in [-0.4, -0.2) is 50.1 Å². The fourth-order valence-corrected chi connectivity index (χ4v) is 4.52. The number of fused-ring (bicyclic) bond motifs is 1. The predicted molar refractivity (Wildman–Crippen MR) is 152 cm³/mol. The fraction of sp³-hybridized carbons (Fsp3) is 0.286. The van der Waals surface area contributed by atoms with E-state index in [1.165, 1.54) is 0 Å². The van der Waals surface area contributed by atoms with Crippen LogP contribution in [0.1, 0.15) is 17.9 Å².